The predicted octanol–water partition coefficient (Wildman–Crippen LogP) is 2.99. The van der Waals surface area contributed by atoms with Gasteiger partial charge in [0.2, 0.25) is 0 Å². The lowest BCUT2D eigenvalue weighted by atomic mass is 10.0. The second-order valence-corrected chi connectivity index (χ2v) is 5.11. The van der Waals surface area contributed by atoms with Crippen LogP contribution in [0.3, 0.4) is 0 Å². The van der Waals surface area contributed by atoms with Gasteiger partial charge in [0, 0.05) is 13.0 Å². The van der Waals surface area contributed by atoms with Crippen molar-refractivity contribution in [1.82, 2.24) is 9.55 Å². The summed E-state index contributed by atoms with van der Waals surface area (Å²) in [6.07, 6.45) is 1.82. The molecule has 0 amide bonds. The van der Waals surface area contributed by atoms with Crippen molar-refractivity contribution >= 4 is 5.82 Å². The van der Waals surface area contributed by atoms with E-state index in [9.17, 15) is 8.78 Å². The highest BCUT2D eigenvalue weighted by Gasteiger charge is 2.25. The third kappa shape index (κ3) is 1.89. The van der Waals surface area contributed by atoms with E-state index < -0.39 is 11.6 Å². The fraction of sp³-hybridized carbons (Fsp3) is 0.357. The van der Waals surface area contributed by atoms with Gasteiger partial charge in [-0.25, -0.2) is 13.8 Å². The van der Waals surface area contributed by atoms with Gasteiger partial charge in [-0.15, -0.1) is 0 Å². The van der Waals surface area contributed by atoms with Gasteiger partial charge in [0.05, 0.1) is 5.56 Å². The van der Waals surface area contributed by atoms with Gasteiger partial charge in [-0.05, 0) is 24.5 Å². The van der Waals surface area contributed by atoms with Crippen LogP contribution in [-0.4, -0.2) is 9.55 Å². The summed E-state index contributed by atoms with van der Waals surface area (Å²) in [5.41, 5.74) is 6.12. The molecular formula is C14H15F2N3. The zero-order valence-electron chi connectivity index (χ0n) is 10.7. The maximum Gasteiger partial charge on any atom is 0.135 e. The van der Waals surface area contributed by atoms with Crippen molar-refractivity contribution in [2.75, 3.05) is 5.73 Å². The molecule has 0 saturated heterocycles. The third-order valence-electron chi connectivity index (χ3n) is 3.64. The van der Waals surface area contributed by atoms with Crippen molar-refractivity contribution in [2.24, 2.45) is 5.92 Å². The van der Waals surface area contributed by atoms with Crippen molar-refractivity contribution in [3.8, 4) is 11.3 Å². The zero-order chi connectivity index (χ0) is 13.6. The molecule has 0 radical (unpaired) electrons. The highest BCUT2D eigenvalue weighted by Crippen LogP contribution is 2.33. The Kier molecular flexibility index (Phi) is 2.77. The van der Waals surface area contributed by atoms with Crippen molar-refractivity contribution in [1.29, 1.82) is 0 Å². The number of nitrogens with zero attached hydrogens (tertiary/aromatic N) is 2. The molecule has 5 heteroatoms. The highest BCUT2D eigenvalue weighted by molar-refractivity contribution is 5.72. The number of anilines is 1. The number of hydrogen-bond acceptors (Lipinski definition) is 2. The first-order valence-corrected chi connectivity index (χ1v) is 6.37. The van der Waals surface area contributed by atoms with Crippen LogP contribution in [-0.2, 0) is 13.0 Å². The molecule has 2 heterocycles. The van der Waals surface area contributed by atoms with E-state index >= 15 is 0 Å². The highest BCUT2D eigenvalue weighted by atomic mass is 19.1. The number of imidazole rings is 1. The minimum Gasteiger partial charge on any atom is -0.383 e. The Labute approximate surface area is 110 Å². The Hall–Kier alpha value is -1.91. The molecule has 19 heavy (non-hydrogen) atoms. The maximum absolute atomic E-state index is 13.8. The van der Waals surface area contributed by atoms with Gasteiger partial charge in [0.25, 0.3) is 0 Å². The lowest BCUT2D eigenvalue weighted by molar-refractivity contribution is 0.397. The molecule has 100 valence electrons. The number of nitrogens with two attached hydrogens (primary N) is 1. The van der Waals surface area contributed by atoms with E-state index in [-0.39, 0.29) is 11.3 Å². The smallest absolute Gasteiger partial charge is 0.135 e. The molecule has 0 saturated carbocycles. The first-order valence-electron chi connectivity index (χ1n) is 6.37. The monoisotopic (exact) mass is 263 g/mol. The largest absolute Gasteiger partial charge is 0.383 e. The van der Waals surface area contributed by atoms with Gasteiger partial charge in [-0.1, -0.05) is 13.0 Å². The Morgan fingerprint density at radius 1 is 1.32 bits per heavy atom. The Bertz CT molecular complexity index is 614. The second kappa shape index (κ2) is 4.33. The summed E-state index contributed by atoms with van der Waals surface area (Å²) in [7, 11) is 0. The summed E-state index contributed by atoms with van der Waals surface area (Å²) < 4.78 is 29.5. The molecule has 1 unspecified atom stereocenters. The number of halogens is 2. The molecule has 1 aromatic heterocycles. The molecule has 2 aromatic rings. The van der Waals surface area contributed by atoms with E-state index in [0.717, 1.165) is 25.2 Å². The van der Waals surface area contributed by atoms with Gasteiger partial charge >= 0.3 is 0 Å². The van der Waals surface area contributed by atoms with Crippen molar-refractivity contribution < 1.29 is 8.78 Å². The summed E-state index contributed by atoms with van der Waals surface area (Å²) in [6.45, 7) is 2.88. The summed E-state index contributed by atoms with van der Waals surface area (Å²) in [6, 6.07) is 3.78. The summed E-state index contributed by atoms with van der Waals surface area (Å²) in [5.74, 6) is 0.409. The molecule has 1 atom stereocenters. The van der Waals surface area contributed by atoms with Crippen LogP contribution >= 0.6 is 0 Å². The Balaban J connectivity index is 2.17. The van der Waals surface area contributed by atoms with Gasteiger partial charge < -0.3 is 10.3 Å². The molecule has 2 N–H and O–H groups in total. The van der Waals surface area contributed by atoms with Gasteiger partial charge in [0.1, 0.15) is 29.0 Å². The number of benzene rings is 1. The molecule has 1 aliphatic heterocycles. The SMILES string of the molecule is CC1CCc2nc(-c3c(F)cccc3F)c(N)n2C1. The summed E-state index contributed by atoms with van der Waals surface area (Å²) >= 11 is 0. The van der Waals surface area contributed by atoms with Crippen molar-refractivity contribution in [3.63, 3.8) is 0 Å². The number of nitrogen functional groups attached to an aromatic ring is 1. The van der Waals surface area contributed by atoms with Crippen LogP contribution in [0, 0.1) is 17.6 Å². The van der Waals surface area contributed by atoms with Crippen LogP contribution in [0.25, 0.3) is 11.3 Å². The number of fused-ring (bicyclic) bond motifs is 1. The quantitative estimate of drug-likeness (QED) is 0.859. The maximum atomic E-state index is 13.8. The third-order valence-corrected chi connectivity index (χ3v) is 3.64. The van der Waals surface area contributed by atoms with Crippen LogP contribution in [0.2, 0.25) is 0 Å². The number of rotatable bonds is 1. The van der Waals surface area contributed by atoms with Gasteiger partial charge in [0.15, 0.2) is 0 Å². The van der Waals surface area contributed by atoms with Crippen molar-refractivity contribution in [2.45, 2.75) is 26.3 Å². The second-order valence-electron chi connectivity index (χ2n) is 5.11. The molecule has 1 aliphatic rings. The van der Waals surface area contributed by atoms with E-state index in [1.165, 1.54) is 18.2 Å². The molecule has 3 rings (SSSR count). The normalized spacial score (nSPS) is 18.4. The number of aromatic nitrogens is 2. The van der Waals surface area contributed by atoms with E-state index in [4.69, 9.17) is 5.73 Å². The van der Waals surface area contributed by atoms with Crippen LogP contribution < -0.4 is 5.73 Å². The standard InChI is InChI=1S/C14H15F2N3/c1-8-5-6-11-18-13(14(17)19(11)7-8)12-9(15)3-2-4-10(12)16/h2-4,8H,5-7,17H2,1H3. The first kappa shape index (κ1) is 12.1. The van der Waals surface area contributed by atoms with Crippen LogP contribution in [0.1, 0.15) is 19.2 Å². The number of hydrogen-bond donors (Lipinski definition) is 1. The predicted molar refractivity (Wildman–Crippen MR) is 69.5 cm³/mol. The molecule has 1 aromatic carbocycles. The van der Waals surface area contributed by atoms with E-state index in [1.807, 2.05) is 4.57 Å². The summed E-state index contributed by atoms with van der Waals surface area (Å²) in [4.78, 5) is 4.33. The van der Waals surface area contributed by atoms with Gasteiger partial charge in [-0.2, -0.15) is 0 Å². The van der Waals surface area contributed by atoms with Crippen LogP contribution in [0.5, 0.6) is 0 Å². The average Bonchev–Trinajstić information content (AvgIpc) is 2.67. The lowest BCUT2D eigenvalue weighted by Crippen LogP contribution is -2.19. The molecule has 3 nitrogen and oxygen atoms in total. The van der Waals surface area contributed by atoms with E-state index in [1.54, 1.807) is 0 Å². The average molecular weight is 263 g/mol. The molecule has 0 fully saturated rings. The molecule has 0 aliphatic carbocycles. The number of aryl methyl sites for hydroxylation is 1. The Morgan fingerprint density at radius 3 is 2.68 bits per heavy atom. The minimum atomic E-state index is -0.629. The van der Waals surface area contributed by atoms with Gasteiger partial charge in [-0.3, -0.25) is 0 Å². The topological polar surface area (TPSA) is 43.8 Å². The van der Waals surface area contributed by atoms with Crippen LogP contribution in [0.15, 0.2) is 18.2 Å². The molecule has 0 bridgehead atoms. The van der Waals surface area contributed by atoms with E-state index in [0.29, 0.717) is 11.7 Å². The fourth-order valence-electron chi connectivity index (χ4n) is 2.59. The lowest BCUT2D eigenvalue weighted by Gasteiger charge is -2.20. The summed E-state index contributed by atoms with van der Waals surface area (Å²) in [5, 5.41) is 0. The van der Waals surface area contributed by atoms with Crippen LogP contribution in [0.4, 0.5) is 14.6 Å². The fourth-order valence-corrected chi connectivity index (χ4v) is 2.59. The van der Waals surface area contributed by atoms with Crippen molar-refractivity contribution in [3.05, 3.63) is 35.7 Å². The Morgan fingerprint density at radius 2 is 2.00 bits per heavy atom. The van der Waals surface area contributed by atoms with E-state index in [2.05, 4.69) is 11.9 Å². The first-order chi connectivity index (χ1) is 9.08. The molecular weight excluding hydrogens is 248 g/mol. The molecule has 0 spiro atoms. The minimum absolute atomic E-state index is 0.130. The zero-order valence-corrected chi connectivity index (χ0v) is 10.7.